The molecule has 0 amide bonds. The Bertz CT molecular complexity index is 958. The van der Waals surface area contributed by atoms with Crippen molar-refractivity contribution >= 4 is 13.8 Å². The quantitative estimate of drug-likeness (QED) is 0.0263. The molecule has 8 nitrogen and oxygen atoms in total. The zero-order valence-corrected chi connectivity index (χ0v) is 30.8. The van der Waals surface area contributed by atoms with Crippen molar-refractivity contribution in [3.05, 3.63) is 72.9 Å². The first kappa shape index (κ1) is 45.9. The van der Waals surface area contributed by atoms with Gasteiger partial charge in [-0.25, -0.2) is 4.57 Å². The summed E-state index contributed by atoms with van der Waals surface area (Å²) < 4.78 is 25.7. The highest BCUT2D eigenvalue weighted by molar-refractivity contribution is 7.47. The van der Waals surface area contributed by atoms with E-state index in [0.717, 1.165) is 57.8 Å². The number of rotatable bonds is 34. The van der Waals surface area contributed by atoms with E-state index in [1.807, 2.05) is 0 Å². The minimum atomic E-state index is -4.26. The molecule has 9 heteroatoms. The van der Waals surface area contributed by atoms with E-state index in [9.17, 15) is 19.4 Å². The van der Waals surface area contributed by atoms with Crippen LogP contribution in [0.15, 0.2) is 72.9 Å². The van der Waals surface area contributed by atoms with E-state index in [4.69, 9.17) is 10.5 Å². The SMILES string of the molecule is CC/C=C\C/C=C\C/C=C\C/C=C\C/C=C\C/C=C\CCCCCCCCCCCCCCC(=O)OCC(O)COP(=O)(O)OCCN. The summed E-state index contributed by atoms with van der Waals surface area (Å²) in [5.74, 6) is -0.391. The minimum Gasteiger partial charge on any atom is -0.463 e. The molecule has 0 saturated heterocycles. The highest BCUT2D eigenvalue weighted by atomic mass is 31.2. The van der Waals surface area contributed by atoms with E-state index in [1.54, 1.807) is 0 Å². The Balaban J connectivity index is 3.44. The van der Waals surface area contributed by atoms with Crippen molar-refractivity contribution in [2.24, 2.45) is 5.73 Å². The van der Waals surface area contributed by atoms with Gasteiger partial charge in [0.05, 0.1) is 13.2 Å². The maximum absolute atomic E-state index is 11.8. The lowest BCUT2D eigenvalue weighted by Gasteiger charge is -2.15. The van der Waals surface area contributed by atoms with Crippen molar-refractivity contribution in [2.45, 2.75) is 141 Å². The number of hydrogen-bond donors (Lipinski definition) is 3. The third-order valence-electron chi connectivity index (χ3n) is 7.34. The summed E-state index contributed by atoms with van der Waals surface area (Å²) in [7, 11) is -4.26. The Morgan fingerprint density at radius 3 is 1.50 bits per heavy atom. The summed E-state index contributed by atoms with van der Waals surface area (Å²) >= 11 is 0. The van der Waals surface area contributed by atoms with Gasteiger partial charge in [-0.05, 0) is 57.8 Å². The highest BCUT2D eigenvalue weighted by Crippen LogP contribution is 2.42. The molecule has 0 bridgehead atoms. The minimum absolute atomic E-state index is 0.0712. The van der Waals surface area contributed by atoms with E-state index in [0.29, 0.717) is 6.42 Å². The van der Waals surface area contributed by atoms with E-state index >= 15 is 0 Å². The molecular weight excluding hydrogens is 625 g/mol. The number of esters is 1. The summed E-state index contributed by atoms with van der Waals surface area (Å²) in [5.41, 5.74) is 5.19. The first-order valence-electron chi connectivity index (χ1n) is 18.5. The Morgan fingerprint density at radius 1 is 0.625 bits per heavy atom. The average molecular weight is 694 g/mol. The molecule has 4 N–H and O–H groups in total. The predicted octanol–water partition coefficient (Wildman–Crippen LogP) is 10.1. The van der Waals surface area contributed by atoms with Crippen LogP contribution in [-0.2, 0) is 23.1 Å². The van der Waals surface area contributed by atoms with Gasteiger partial charge in [0.25, 0.3) is 0 Å². The average Bonchev–Trinajstić information content (AvgIpc) is 3.08. The molecule has 0 rings (SSSR count). The highest BCUT2D eigenvalue weighted by Gasteiger charge is 2.22. The molecule has 0 aromatic carbocycles. The van der Waals surface area contributed by atoms with E-state index < -0.39 is 26.5 Å². The molecular formula is C39H68NO7P. The number of carbonyl (C=O) groups excluding carboxylic acids is 1. The number of phosphoric acid groups is 1. The van der Waals surface area contributed by atoms with E-state index in [2.05, 4.69) is 88.9 Å². The molecule has 0 saturated carbocycles. The number of nitrogens with two attached hydrogens (primary N) is 1. The Labute approximate surface area is 292 Å². The van der Waals surface area contributed by atoms with Crippen molar-refractivity contribution in [1.82, 2.24) is 0 Å². The molecule has 0 aliphatic rings. The standard InChI is InChI=1S/C39H68NO7P/c1-2-3-4-5-6-7-8-9-10-11-12-13-14-15-16-17-18-19-20-21-22-23-24-25-26-27-28-29-30-31-32-33-39(42)45-36-38(41)37-47-48(43,44)46-35-34-40/h3-4,6-7,9-10,12-13,15-16,18-19,38,41H,2,5,8,11,14,17,20-37,40H2,1H3,(H,43,44)/b4-3-,7-6-,10-9-,13-12-,16-15-,19-18-. The van der Waals surface area contributed by atoms with Gasteiger partial charge in [0.2, 0.25) is 0 Å². The number of phosphoric ester groups is 1. The second kappa shape index (κ2) is 36.2. The largest absolute Gasteiger partial charge is 0.472 e. The topological polar surface area (TPSA) is 128 Å². The number of unbranched alkanes of at least 4 members (excludes halogenated alkanes) is 12. The maximum atomic E-state index is 11.8. The van der Waals surface area contributed by atoms with Crippen molar-refractivity contribution in [2.75, 3.05) is 26.4 Å². The normalized spacial score (nSPS) is 14.5. The third-order valence-corrected chi connectivity index (χ3v) is 8.32. The number of hydrogen-bond acceptors (Lipinski definition) is 7. The number of carbonyl (C=O) groups is 1. The fraction of sp³-hybridized carbons (Fsp3) is 0.667. The molecule has 2 unspecified atom stereocenters. The summed E-state index contributed by atoms with van der Waals surface area (Å²) in [5, 5.41) is 9.75. The van der Waals surface area contributed by atoms with Crippen LogP contribution in [-0.4, -0.2) is 48.4 Å². The zero-order chi connectivity index (χ0) is 35.2. The van der Waals surface area contributed by atoms with Gasteiger partial charge in [0, 0.05) is 13.0 Å². The van der Waals surface area contributed by atoms with Crippen LogP contribution < -0.4 is 5.73 Å². The molecule has 0 aromatic rings. The number of aliphatic hydroxyl groups is 1. The van der Waals surface area contributed by atoms with Gasteiger partial charge < -0.3 is 20.5 Å². The molecule has 0 heterocycles. The van der Waals surface area contributed by atoms with Crippen LogP contribution in [0.4, 0.5) is 0 Å². The predicted molar refractivity (Wildman–Crippen MR) is 201 cm³/mol. The third kappa shape index (κ3) is 36.8. The van der Waals surface area contributed by atoms with Crippen LogP contribution in [0.1, 0.15) is 135 Å². The summed E-state index contributed by atoms with van der Waals surface area (Å²) in [6.45, 7) is 1.33. The smallest absolute Gasteiger partial charge is 0.463 e. The molecule has 0 aromatic heterocycles. The van der Waals surface area contributed by atoms with Crippen LogP contribution in [0, 0.1) is 0 Å². The second-order valence-electron chi connectivity index (χ2n) is 11.9. The monoisotopic (exact) mass is 693 g/mol. The summed E-state index contributed by atoms with van der Waals surface area (Å²) in [6, 6.07) is 0. The lowest BCUT2D eigenvalue weighted by molar-refractivity contribution is -0.147. The number of aliphatic hydroxyl groups excluding tert-OH is 1. The van der Waals surface area contributed by atoms with Gasteiger partial charge in [0.15, 0.2) is 0 Å². The van der Waals surface area contributed by atoms with Gasteiger partial charge in [-0.1, -0.05) is 144 Å². The van der Waals surface area contributed by atoms with Crippen molar-refractivity contribution in [3.63, 3.8) is 0 Å². The van der Waals surface area contributed by atoms with Crippen molar-refractivity contribution in [1.29, 1.82) is 0 Å². The lowest BCUT2D eigenvalue weighted by Crippen LogP contribution is -2.23. The molecule has 0 aliphatic heterocycles. The molecule has 2 atom stereocenters. The van der Waals surface area contributed by atoms with Crippen LogP contribution in [0.3, 0.4) is 0 Å². The molecule has 0 radical (unpaired) electrons. The fourth-order valence-corrected chi connectivity index (χ4v) is 5.41. The Kier molecular flexibility index (Phi) is 34.7. The second-order valence-corrected chi connectivity index (χ2v) is 13.4. The van der Waals surface area contributed by atoms with Gasteiger partial charge in [0.1, 0.15) is 12.7 Å². The fourth-order valence-electron chi connectivity index (χ4n) is 4.63. The van der Waals surface area contributed by atoms with Crippen LogP contribution >= 0.6 is 7.82 Å². The number of allylic oxidation sites excluding steroid dienone is 12. The molecule has 276 valence electrons. The van der Waals surface area contributed by atoms with Gasteiger partial charge >= 0.3 is 13.8 Å². The van der Waals surface area contributed by atoms with Crippen molar-refractivity contribution < 1.29 is 33.1 Å². The molecule has 48 heavy (non-hydrogen) atoms. The molecule has 0 spiro atoms. The van der Waals surface area contributed by atoms with E-state index in [1.165, 1.54) is 64.2 Å². The van der Waals surface area contributed by atoms with Gasteiger partial charge in [-0.3, -0.25) is 13.8 Å². The van der Waals surface area contributed by atoms with Crippen LogP contribution in [0.2, 0.25) is 0 Å². The maximum Gasteiger partial charge on any atom is 0.472 e. The zero-order valence-electron chi connectivity index (χ0n) is 29.9. The van der Waals surface area contributed by atoms with Gasteiger partial charge in [-0.15, -0.1) is 0 Å². The van der Waals surface area contributed by atoms with E-state index in [-0.39, 0.29) is 19.8 Å². The Morgan fingerprint density at radius 2 is 1.04 bits per heavy atom. The van der Waals surface area contributed by atoms with Crippen LogP contribution in [0.5, 0.6) is 0 Å². The lowest BCUT2D eigenvalue weighted by atomic mass is 10.0. The first-order chi connectivity index (χ1) is 23.4. The molecule has 0 aliphatic carbocycles. The van der Waals surface area contributed by atoms with Crippen molar-refractivity contribution in [3.8, 4) is 0 Å². The van der Waals surface area contributed by atoms with Gasteiger partial charge in [-0.2, -0.15) is 0 Å². The molecule has 0 fully saturated rings. The number of ether oxygens (including phenoxy) is 1. The summed E-state index contributed by atoms with van der Waals surface area (Å²) in [4.78, 5) is 21.2. The van der Waals surface area contributed by atoms with Crippen LogP contribution in [0.25, 0.3) is 0 Å². The first-order valence-corrected chi connectivity index (χ1v) is 20.0. The Hall–Kier alpha value is -2.06. The summed E-state index contributed by atoms with van der Waals surface area (Å²) in [6.07, 6.45) is 47.8.